The van der Waals surface area contributed by atoms with Gasteiger partial charge in [0.25, 0.3) is 0 Å². The molecule has 92 valence electrons. The monoisotopic (exact) mass is 266 g/mol. The lowest BCUT2D eigenvalue weighted by Gasteiger charge is -2.09. The van der Waals surface area contributed by atoms with Crippen LogP contribution in [-0.4, -0.2) is 21.1 Å². The van der Waals surface area contributed by atoms with Gasteiger partial charge in [-0.3, -0.25) is 0 Å². The van der Waals surface area contributed by atoms with Gasteiger partial charge in [0.15, 0.2) is 4.77 Å². The standard InChI is InChI=1S/C13H18N2S2/c1-9-5-4-6-11-12(9)14-13(16)15(11)8-7-10(2)17-3/h4-6,10H,7-8H2,1-3H3,(H,14,16). The van der Waals surface area contributed by atoms with E-state index in [9.17, 15) is 0 Å². The molecule has 17 heavy (non-hydrogen) atoms. The van der Waals surface area contributed by atoms with E-state index in [0.29, 0.717) is 5.25 Å². The number of rotatable bonds is 4. The average Bonchev–Trinajstić information content (AvgIpc) is 2.64. The molecule has 1 N–H and O–H groups in total. The molecule has 0 aliphatic carbocycles. The molecule has 1 heterocycles. The number of nitrogens with zero attached hydrogens (tertiary/aromatic N) is 1. The van der Waals surface area contributed by atoms with E-state index in [1.165, 1.54) is 16.6 Å². The third-order valence-corrected chi connectivity index (χ3v) is 4.54. The fourth-order valence-corrected chi connectivity index (χ4v) is 2.61. The van der Waals surface area contributed by atoms with Crippen LogP contribution in [0.4, 0.5) is 0 Å². The van der Waals surface area contributed by atoms with E-state index in [1.54, 1.807) is 0 Å². The minimum Gasteiger partial charge on any atom is -0.330 e. The van der Waals surface area contributed by atoms with Gasteiger partial charge in [-0.25, -0.2) is 0 Å². The molecule has 0 saturated heterocycles. The minimum atomic E-state index is 0.673. The number of benzene rings is 1. The lowest BCUT2D eigenvalue weighted by atomic mass is 10.2. The molecule has 0 amide bonds. The summed E-state index contributed by atoms with van der Waals surface area (Å²) in [6, 6.07) is 6.34. The number of aryl methyl sites for hydroxylation is 2. The maximum Gasteiger partial charge on any atom is 0.178 e. The number of para-hydroxylation sites is 1. The van der Waals surface area contributed by atoms with Gasteiger partial charge in [-0.2, -0.15) is 11.8 Å². The number of imidazole rings is 1. The van der Waals surface area contributed by atoms with Crippen LogP contribution >= 0.6 is 24.0 Å². The molecule has 1 atom stereocenters. The van der Waals surface area contributed by atoms with Crippen molar-refractivity contribution in [3.05, 3.63) is 28.5 Å². The molecule has 2 aromatic rings. The van der Waals surface area contributed by atoms with E-state index in [0.717, 1.165) is 17.7 Å². The van der Waals surface area contributed by atoms with Crippen LogP contribution in [0.5, 0.6) is 0 Å². The number of aromatic amines is 1. The quantitative estimate of drug-likeness (QED) is 0.839. The van der Waals surface area contributed by atoms with Crippen LogP contribution in [-0.2, 0) is 6.54 Å². The number of aromatic nitrogens is 2. The normalized spacial score (nSPS) is 13.1. The molecule has 1 aromatic carbocycles. The van der Waals surface area contributed by atoms with Crippen LogP contribution in [0, 0.1) is 11.7 Å². The van der Waals surface area contributed by atoms with E-state index in [2.05, 4.69) is 47.9 Å². The molecule has 1 unspecified atom stereocenters. The first-order valence-electron chi connectivity index (χ1n) is 5.84. The Morgan fingerprint density at radius 2 is 2.24 bits per heavy atom. The Kier molecular flexibility index (Phi) is 3.94. The summed E-state index contributed by atoms with van der Waals surface area (Å²) in [5.41, 5.74) is 3.66. The summed E-state index contributed by atoms with van der Waals surface area (Å²) in [5.74, 6) is 0. The number of H-pyrrole nitrogens is 1. The second-order valence-corrected chi connectivity index (χ2v) is 6.05. The SMILES string of the molecule is CSC(C)CCn1c(=S)[nH]c2c(C)cccc21. The van der Waals surface area contributed by atoms with Gasteiger partial charge in [0.1, 0.15) is 0 Å². The third-order valence-electron chi connectivity index (χ3n) is 3.18. The number of fused-ring (bicyclic) bond motifs is 1. The van der Waals surface area contributed by atoms with Crippen molar-refractivity contribution in [1.29, 1.82) is 0 Å². The molecule has 0 fully saturated rings. The van der Waals surface area contributed by atoms with E-state index >= 15 is 0 Å². The molecule has 0 aliphatic rings. The van der Waals surface area contributed by atoms with E-state index in [-0.39, 0.29) is 0 Å². The highest BCUT2D eigenvalue weighted by molar-refractivity contribution is 7.99. The summed E-state index contributed by atoms with van der Waals surface area (Å²) in [6.07, 6.45) is 3.31. The van der Waals surface area contributed by atoms with Gasteiger partial charge in [-0.15, -0.1) is 0 Å². The van der Waals surface area contributed by atoms with Gasteiger partial charge < -0.3 is 9.55 Å². The first-order valence-corrected chi connectivity index (χ1v) is 7.54. The van der Waals surface area contributed by atoms with Crippen molar-refractivity contribution in [3.63, 3.8) is 0 Å². The molecule has 0 radical (unpaired) electrons. The van der Waals surface area contributed by atoms with Crippen molar-refractivity contribution in [2.75, 3.05) is 6.26 Å². The van der Waals surface area contributed by atoms with Gasteiger partial charge >= 0.3 is 0 Å². The molecule has 0 spiro atoms. The average molecular weight is 266 g/mol. The third kappa shape index (κ3) is 2.58. The zero-order valence-electron chi connectivity index (χ0n) is 10.5. The molecule has 2 nitrogen and oxygen atoms in total. The fourth-order valence-electron chi connectivity index (χ4n) is 1.97. The second kappa shape index (κ2) is 5.27. The van der Waals surface area contributed by atoms with Crippen LogP contribution < -0.4 is 0 Å². The lowest BCUT2D eigenvalue weighted by Crippen LogP contribution is -2.04. The van der Waals surface area contributed by atoms with Crippen molar-refractivity contribution >= 4 is 35.0 Å². The molecular weight excluding hydrogens is 248 g/mol. The van der Waals surface area contributed by atoms with Crippen LogP contribution in [0.1, 0.15) is 18.9 Å². The Hall–Kier alpha value is -0.740. The first-order chi connectivity index (χ1) is 8.13. The van der Waals surface area contributed by atoms with Gasteiger partial charge in [0.2, 0.25) is 0 Å². The fraction of sp³-hybridized carbons (Fsp3) is 0.462. The van der Waals surface area contributed by atoms with Crippen molar-refractivity contribution in [1.82, 2.24) is 9.55 Å². The van der Waals surface area contributed by atoms with Crippen molar-refractivity contribution in [2.45, 2.75) is 32.1 Å². The minimum absolute atomic E-state index is 0.673. The topological polar surface area (TPSA) is 20.7 Å². The molecular formula is C13H18N2S2. The molecule has 4 heteroatoms. The van der Waals surface area contributed by atoms with Crippen LogP contribution in [0.15, 0.2) is 18.2 Å². The Labute approximate surface area is 111 Å². The molecule has 1 aromatic heterocycles. The summed E-state index contributed by atoms with van der Waals surface area (Å²) >= 11 is 7.30. The van der Waals surface area contributed by atoms with E-state index < -0.39 is 0 Å². The van der Waals surface area contributed by atoms with Crippen LogP contribution in [0.25, 0.3) is 11.0 Å². The first kappa shape index (κ1) is 12.7. The predicted octanol–water partition coefficient (Wildman–Crippen LogP) is 4.15. The molecule has 2 rings (SSSR count). The molecule has 0 aliphatic heterocycles. The summed E-state index contributed by atoms with van der Waals surface area (Å²) in [6.45, 7) is 5.36. The predicted molar refractivity (Wildman–Crippen MR) is 79.5 cm³/mol. The van der Waals surface area contributed by atoms with Crippen LogP contribution in [0.2, 0.25) is 0 Å². The maximum atomic E-state index is 5.40. The highest BCUT2D eigenvalue weighted by Gasteiger charge is 2.07. The van der Waals surface area contributed by atoms with Crippen molar-refractivity contribution in [2.24, 2.45) is 0 Å². The van der Waals surface area contributed by atoms with Gasteiger partial charge in [0, 0.05) is 11.8 Å². The zero-order valence-corrected chi connectivity index (χ0v) is 12.1. The number of hydrogen-bond donors (Lipinski definition) is 1. The van der Waals surface area contributed by atoms with Crippen LogP contribution in [0.3, 0.4) is 0 Å². The Bertz CT molecular complexity index is 568. The van der Waals surface area contributed by atoms with Crippen molar-refractivity contribution < 1.29 is 0 Å². The van der Waals surface area contributed by atoms with E-state index in [4.69, 9.17) is 12.2 Å². The number of thioether (sulfide) groups is 1. The smallest absolute Gasteiger partial charge is 0.178 e. The van der Waals surface area contributed by atoms with Crippen molar-refractivity contribution in [3.8, 4) is 0 Å². The summed E-state index contributed by atoms with van der Waals surface area (Å²) in [7, 11) is 0. The Morgan fingerprint density at radius 3 is 2.94 bits per heavy atom. The zero-order chi connectivity index (χ0) is 12.4. The lowest BCUT2D eigenvalue weighted by molar-refractivity contribution is 0.648. The van der Waals surface area contributed by atoms with Gasteiger partial charge in [-0.1, -0.05) is 19.1 Å². The largest absolute Gasteiger partial charge is 0.330 e. The highest BCUT2D eigenvalue weighted by Crippen LogP contribution is 2.19. The molecule has 0 saturated carbocycles. The highest BCUT2D eigenvalue weighted by atomic mass is 32.2. The Balaban J connectivity index is 2.37. The summed E-state index contributed by atoms with van der Waals surface area (Å²) in [5, 5.41) is 0.673. The van der Waals surface area contributed by atoms with Gasteiger partial charge in [0.05, 0.1) is 11.0 Å². The van der Waals surface area contributed by atoms with Gasteiger partial charge in [-0.05, 0) is 43.4 Å². The van der Waals surface area contributed by atoms with E-state index in [1.807, 2.05) is 11.8 Å². The number of hydrogen-bond acceptors (Lipinski definition) is 2. The number of nitrogens with one attached hydrogen (secondary N) is 1. The maximum absolute atomic E-state index is 5.40. The second-order valence-electron chi connectivity index (χ2n) is 4.39. The summed E-state index contributed by atoms with van der Waals surface area (Å²) < 4.78 is 3.05. The molecule has 0 bridgehead atoms. The Morgan fingerprint density at radius 1 is 1.47 bits per heavy atom. The summed E-state index contributed by atoms with van der Waals surface area (Å²) in [4.78, 5) is 3.31.